The number of carbonyl (C=O) groups is 1. The number of nitrogens with one attached hydrogen (secondary N) is 1. The summed E-state index contributed by atoms with van der Waals surface area (Å²) in [4.78, 5) is 14.1. The molecule has 1 fully saturated rings. The molecule has 0 spiro atoms. The van der Waals surface area contributed by atoms with Gasteiger partial charge in [0, 0.05) is 35.3 Å². The Hall–Kier alpha value is -1.11. The van der Waals surface area contributed by atoms with Gasteiger partial charge < -0.3 is 10.2 Å². The molecule has 1 aliphatic heterocycles. The van der Waals surface area contributed by atoms with Crippen molar-refractivity contribution in [1.82, 2.24) is 4.90 Å². The quantitative estimate of drug-likeness (QED) is 0.696. The normalized spacial score (nSPS) is 14.6. The van der Waals surface area contributed by atoms with Crippen LogP contribution in [0.1, 0.15) is 15.7 Å². The van der Waals surface area contributed by atoms with Crippen molar-refractivity contribution < 1.29 is 4.79 Å². The molecule has 2 amide bonds. The van der Waals surface area contributed by atoms with Crippen molar-refractivity contribution in [2.75, 3.05) is 23.9 Å². The van der Waals surface area contributed by atoms with E-state index in [-0.39, 0.29) is 6.03 Å². The standard InChI is InChI=1S/C18H19BrN2OS2/c1-21(12-14-5-2-3-8-16(14)19)18(22)20-15-7-4-6-13(11-15)17-23-9-10-24-17/h2-8,11,17H,9-10,12H2,1H3,(H,20,22). The van der Waals surface area contributed by atoms with Crippen LogP contribution in [0, 0.1) is 0 Å². The van der Waals surface area contributed by atoms with Crippen LogP contribution in [0.25, 0.3) is 0 Å². The summed E-state index contributed by atoms with van der Waals surface area (Å²) in [6.45, 7) is 0.557. The second kappa shape index (κ2) is 8.32. The van der Waals surface area contributed by atoms with Crippen LogP contribution in [0.15, 0.2) is 53.0 Å². The van der Waals surface area contributed by atoms with Crippen LogP contribution in [-0.2, 0) is 6.54 Å². The summed E-state index contributed by atoms with van der Waals surface area (Å²) in [7, 11) is 1.81. The third kappa shape index (κ3) is 4.49. The molecule has 126 valence electrons. The molecule has 2 aromatic rings. The zero-order chi connectivity index (χ0) is 16.9. The first-order valence-electron chi connectivity index (χ1n) is 7.72. The molecule has 0 unspecified atom stereocenters. The fourth-order valence-electron chi connectivity index (χ4n) is 2.49. The first-order chi connectivity index (χ1) is 11.6. The molecular weight excluding hydrogens is 404 g/mol. The second-order valence-electron chi connectivity index (χ2n) is 5.58. The van der Waals surface area contributed by atoms with E-state index in [1.54, 1.807) is 11.9 Å². The van der Waals surface area contributed by atoms with Gasteiger partial charge in [0.05, 0.1) is 4.58 Å². The molecule has 0 aliphatic carbocycles. The van der Waals surface area contributed by atoms with Gasteiger partial charge in [0.25, 0.3) is 0 Å². The van der Waals surface area contributed by atoms with Crippen LogP contribution in [0.4, 0.5) is 10.5 Å². The molecule has 3 nitrogen and oxygen atoms in total. The van der Waals surface area contributed by atoms with E-state index >= 15 is 0 Å². The fourth-order valence-corrected chi connectivity index (χ4v) is 5.74. The molecule has 1 N–H and O–H groups in total. The van der Waals surface area contributed by atoms with E-state index in [1.807, 2.05) is 59.9 Å². The zero-order valence-corrected chi connectivity index (χ0v) is 16.6. The SMILES string of the molecule is CN(Cc1ccccc1Br)C(=O)Nc1cccc(C2SCCS2)c1. The Bertz CT molecular complexity index is 720. The van der Waals surface area contributed by atoms with E-state index < -0.39 is 0 Å². The Balaban J connectivity index is 1.63. The van der Waals surface area contributed by atoms with E-state index in [0.717, 1.165) is 15.7 Å². The first kappa shape index (κ1) is 17.7. The smallest absolute Gasteiger partial charge is 0.321 e. The highest BCUT2D eigenvalue weighted by Crippen LogP contribution is 2.45. The molecular formula is C18H19BrN2OS2. The van der Waals surface area contributed by atoms with E-state index in [2.05, 4.69) is 33.4 Å². The number of urea groups is 1. The number of nitrogens with zero attached hydrogens (tertiary/aromatic N) is 1. The van der Waals surface area contributed by atoms with Gasteiger partial charge in [-0.15, -0.1) is 23.5 Å². The van der Waals surface area contributed by atoms with E-state index in [9.17, 15) is 4.79 Å². The third-order valence-electron chi connectivity index (χ3n) is 3.74. The molecule has 1 heterocycles. The number of anilines is 1. The number of halogens is 1. The van der Waals surface area contributed by atoms with Crippen molar-refractivity contribution in [3.05, 3.63) is 64.1 Å². The maximum absolute atomic E-state index is 12.4. The minimum absolute atomic E-state index is 0.102. The molecule has 0 saturated carbocycles. The molecule has 3 rings (SSSR count). The van der Waals surface area contributed by atoms with E-state index in [0.29, 0.717) is 11.1 Å². The molecule has 0 radical (unpaired) electrons. The van der Waals surface area contributed by atoms with Gasteiger partial charge in [-0.1, -0.05) is 46.3 Å². The summed E-state index contributed by atoms with van der Waals surface area (Å²) in [6, 6.07) is 16.0. The lowest BCUT2D eigenvalue weighted by molar-refractivity contribution is 0.220. The highest BCUT2D eigenvalue weighted by Gasteiger charge is 2.19. The van der Waals surface area contributed by atoms with Gasteiger partial charge in [0.15, 0.2) is 0 Å². The highest BCUT2D eigenvalue weighted by atomic mass is 79.9. The van der Waals surface area contributed by atoms with Crippen LogP contribution >= 0.6 is 39.5 Å². The predicted molar refractivity (Wildman–Crippen MR) is 109 cm³/mol. The van der Waals surface area contributed by atoms with Gasteiger partial charge in [-0.2, -0.15) is 0 Å². The van der Waals surface area contributed by atoms with Crippen LogP contribution in [0.2, 0.25) is 0 Å². The molecule has 1 aliphatic rings. The number of thioether (sulfide) groups is 2. The van der Waals surface area contributed by atoms with Crippen molar-refractivity contribution in [3.63, 3.8) is 0 Å². The summed E-state index contributed by atoms with van der Waals surface area (Å²) in [5, 5.41) is 3.00. The lowest BCUT2D eigenvalue weighted by atomic mass is 10.2. The van der Waals surface area contributed by atoms with Gasteiger partial charge in [0.2, 0.25) is 0 Å². The summed E-state index contributed by atoms with van der Waals surface area (Å²) in [5.41, 5.74) is 3.21. The number of hydrogen-bond donors (Lipinski definition) is 1. The lowest BCUT2D eigenvalue weighted by Crippen LogP contribution is -2.30. The van der Waals surface area contributed by atoms with Crippen LogP contribution in [-0.4, -0.2) is 29.5 Å². The second-order valence-corrected chi connectivity index (χ2v) is 9.16. The average molecular weight is 423 g/mol. The van der Waals surface area contributed by atoms with Gasteiger partial charge >= 0.3 is 6.03 Å². The fraction of sp³-hybridized carbons (Fsp3) is 0.278. The van der Waals surface area contributed by atoms with Gasteiger partial charge in [-0.25, -0.2) is 4.79 Å². The summed E-state index contributed by atoms with van der Waals surface area (Å²) >= 11 is 7.46. The number of benzene rings is 2. The monoisotopic (exact) mass is 422 g/mol. The maximum atomic E-state index is 12.4. The average Bonchev–Trinajstić information content (AvgIpc) is 3.12. The molecule has 2 aromatic carbocycles. The lowest BCUT2D eigenvalue weighted by Gasteiger charge is -2.19. The zero-order valence-electron chi connectivity index (χ0n) is 13.4. The summed E-state index contributed by atoms with van der Waals surface area (Å²) in [6.07, 6.45) is 0. The van der Waals surface area contributed by atoms with Gasteiger partial charge in [-0.3, -0.25) is 0 Å². The van der Waals surface area contributed by atoms with E-state index in [4.69, 9.17) is 0 Å². The number of rotatable bonds is 4. The number of carbonyl (C=O) groups excluding carboxylic acids is 1. The molecule has 0 aromatic heterocycles. The van der Waals surface area contributed by atoms with Crippen molar-refractivity contribution >= 4 is 51.2 Å². The van der Waals surface area contributed by atoms with Crippen LogP contribution < -0.4 is 5.32 Å². The topological polar surface area (TPSA) is 32.3 Å². The maximum Gasteiger partial charge on any atom is 0.321 e. The first-order valence-corrected chi connectivity index (χ1v) is 10.6. The summed E-state index contributed by atoms with van der Waals surface area (Å²) < 4.78 is 1.50. The third-order valence-corrected chi connectivity index (χ3v) is 7.62. The minimum Gasteiger partial charge on any atom is -0.323 e. The van der Waals surface area contributed by atoms with Crippen molar-refractivity contribution in [2.24, 2.45) is 0 Å². The number of amides is 2. The van der Waals surface area contributed by atoms with Crippen LogP contribution in [0.5, 0.6) is 0 Å². The number of hydrogen-bond acceptors (Lipinski definition) is 3. The minimum atomic E-state index is -0.102. The van der Waals surface area contributed by atoms with Gasteiger partial charge in [-0.05, 0) is 29.3 Å². The Labute approximate surface area is 159 Å². The predicted octanol–water partition coefficient (Wildman–Crippen LogP) is 5.59. The van der Waals surface area contributed by atoms with Gasteiger partial charge in [0.1, 0.15) is 0 Å². The molecule has 0 bridgehead atoms. The molecule has 1 saturated heterocycles. The Morgan fingerprint density at radius 3 is 2.71 bits per heavy atom. The molecule has 6 heteroatoms. The van der Waals surface area contributed by atoms with Crippen molar-refractivity contribution in [1.29, 1.82) is 0 Å². The Morgan fingerprint density at radius 1 is 1.21 bits per heavy atom. The Morgan fingerprint density at radius 2 is 1.96 bits per heavy atom. The Kier molecular flexibility index (Phi) is 6.14. The van der Waals surface area contributed by atoms with Crippen molar-refractivity contribution in [2.45, 2.75) is 11.1 Å². The van der Waals surface area contributed by atoms with Crippen molar-refractivity contribution in [3.8, 4) is 0 Å². The molecule has 24 heavy (non-hydrogen) atoms. The summed E-state index contributed by atoms with van der Waals surface area (Å²) in [5.74, 6) is 2.39. The highest BCUT2D eigenvalue weighted by molar-refractivity contribution is 9.10. The largest absolute Gasteiger partial charge is 0.323 e. The van der Waals surface area contributed by atoms with Crippen LogP contribution in [0.3, 0.4) is 0 Å². The molecule has 0 atom stereocenters. The van der Waals surface area contributed by atoms with E-state index in [1.165, 1.54) is 17.1 Å².